The largest absolute Gasteiger partial charge is 0.437 e. The molecular weight excluding hydrogens is 317 g/mol. The topological polar surface area (TPSA) is 77.3 Å². The maximum atomic E-state index is 10.6. The molecule has 0 unspecified atom stereocenters. The molecule has 0 spiro atoms. The van der Waals surface area contributed by atoms with E-state index in [0.29, 0.717) is 23.1 Å². The molecule has 2 rings (SSSR count). The number of hydrogen-bond donors (Lipinski definition) is 1. The van der Waals surface area contributed by atoms with E-state index in [-0.39, 0.29) is 16.6 Å². The molecule has 0 fully saturated rings. The molecule has 6 nitrogen and oxygen atoms in total. The van der Waals surface area contributed by atoms with Crippen molar-refractivity contribution in [2.75, 3.05) is 11.9 Å². The van der Waals surface area contributed by atoms with Crippen molar-refractivity contribution >= 4 is 34.7 Å². The van der Waals surface area contributed by atoms with Gasteiger partial charge < -0.3 is 10.1 Å². The minimum Gasteiger partial charge on any atom is -0.437 e. The van der Waals surface area contributed by atoms with Crippen molar-refractivity contribution in [1.29, 1.82) is 0 Å². The fourth-order valence-electron chi connectivity index (χ4n) is 1.56. The first-order valence-electron chi connectivity index (χ1n) is 6.03. The highest BCUT2D eigenvalue weighted by molar-refractivity contribution is 6.36. The Labute approximate surface area is 130 Å². The van der Waals surface area contributed by atoms with E-state index < -0.39 is 4.92 Å². The third-order valence-electron chi connectivity index (χ3n) is 2.50. The van der Waals surface area contributed by atoms with E-state index in [1.54, 1.807) is 0 Å². The molecule has 0 saturated carbocycles. The van der Waals surface area contributed by atoms with Crippen LogP contribution in [-0.4, -0.2) is 16.5 Å². The summed E-state index contributed by atoms with van der Waals surface area (Å²) in [5, 5.41) is 14.2. The summed E-state index contributed by atoms with van der Waals surface area (Å²) >= 11 is 12.0. The van der Waals surface area contributed by atoms with Crippen LogP contribution in [-0.2, 0) is 0 Å². The number of nitrogens with zero attached hydrogens (tertiary/aromatic N) is 2. The number of nitro groups is 1. The molecule has 110 valence electrons. The Morgan fingerprint density at radius 3 is 2.52 bits per heavy atom. The highest BCUT2D eigenvalue weighted by atomic mass is 35.5. The molecule has 0 bridgehead atoms. The van der Waals surface area contributed by atoms with Crippen molar-refractivity contribution in [2.45, 2.75) is 6.92 Å². The number of ether oxygens (including phenoxy) is 1. The van der Waals surface area contributed by atoms with Gasteiger partial charge in [-0.1, -0.05) is 23.2 Å². The summed E-state index contributed by atoms with van der Waals surface area (Å²) in [7, 11) is 0. The Kier molecular flexibility index (Phi) is 4.82. The number of anilines is 1. The molecule has 0 aliphatic rings. The third-order valence-corrected chi connectivity index (χ3v) is 3.06. The van der Waals surface area contributed by atoms with Gasteiger partial charge in [-0.05, 0) is 25.1 Å². The van der Waals surface area contributed by atoms with Gasteiger partial charge in [0.15, 0.2) is 0 Å². The zero-order valence-corrected chi connectivity index (χ0v) is 12.5. The van der Waals surface area contributed by atoms with Crippen molar-refractivity contribution in [3.8, 4) is 11.6 Å². The summed E-state index contributed by atoms with van der Waals surface area (Å²) in [6, 6.07) is 7.14. The lowest BCUT2D eigenvalue weighted by molar-refractivity contribution is -0.384. The first-order chi connectivity index (χ1) is 10.0. The molecule has 1 heterocycles. The number of non-ortho nitro benzene ring substituents is 1. The van der Waals surface area contributed by atoms with Crippen molar-refractivity contribution in [2.24, 2.45) is 0 Å². The van der Waals surface area contributed by atoms with Gasteiger partial charge >= 0.3 is 0 Å². The second-order valence-corrected chi connectivity index (χ2v) is 4.80. The Balaban J connectivity index is 2.26. The van der Waals surface area contributed by atoms with Gasteiger partial charge in [0, 0.05) is 18.7 Å². The molecule has 0 aliphatic carbocycles. The number of halogens is 2. The van der Waals surface area contributed by atoms with Gasteiger partial charge in [0.05, 0.1) is 9.95 Å². The van der Waals surface area contributed by atoms with Gasteiger partial charge in [0.1, 0.15) is 16.6 Å². The standard InChI is InChI=1S/C13H11Cl2N3O3/c1-2-16-12-10(14)7-11(15)13(17-12)21-9-5-3-8(4-6-9)18(19)20/h3-7H,2H2,1H3,(H,16,17). The molecule has 2 aromatic rings. The summed E-state index contributed by atoms with van der Waals surface area (Å²) in [5.41, 5.74) is -0.0224. The number of hydrogen-bond acceptors (Lipinski definition) is 5. The van der Waals surface area contributed by atoms with Crippen molar-refractivity contribution in [3.63, 3.8) is 0 Å². The third kappa shape index (κ3) is 3.74. The molecule has 1 aromatic carbocycles. The van der Waals surface area contributed by atoms with Crippen LogP contribution in [0.1, 0.15) is 6.92 Å². The van der Waals surface area contributed by atoms with Gasteiger partial charge in [0.25, 0.3) is 5.69 Å². The van der Waals surface area contributed by atoms with E-state index >= 15 is 0 Å². The molecule has 0 atom stereocenters. The molecular formula is C13H11Cl2N3O3. The minimum atomic E-state index is -0.486. The van der Waals surface area contributed by atoms with Crippen LogP contribution < -0.4 is 10.1 Å². The van der Waals surface area contributed by atoms with Crippen LogP contribution in [0.15, 0.2) is 30.3 Å². The van der Waals surface area contributed by atoms with E-state index in [0.717, 1.165) is 0 Å². The SMILES string of the molecule is CCNc1nc(Oc2ccc([N+](=O)[O-])cc2)c(Cl)cc1Cl. The first-order valence-corrected chi connectivity index (χ1v) is 6.79. The van der Waals surface area contributed by atoms with Crippen LogP contribution in [0, 0.1) is 10.1 Å². The summed E-state index contributed by atoms with van der Waals surface area (Å²) in [6.45, 7) is 2.55. The average molecular weight is 328 g/mol. The lowest BCUT2D eigenvalue weighted by Crippen LogP contribution is -2.01. The van der Waals surface area contributed by atoms with E-state index in [9.17, 15) is 10.1 Å². The quantitative estimate of drug-likeness (QED) is 0.645. The summed E-state index contributed by atoms with van der Waals surface area (Å²) < 4.78 is 5.52. The van der Waals surface area contributed by atoms with E-state index in [1.165, 1.54) is 30.3 Å². The second-order valence-electron chi connectivity index (χ2n) is 3.99. The molecule has 0 radical (unpaired) electrons. The number of nitrogens with one attached hydrogen (secondary N) is 1. The predicted octanol–water partition coefficient (Wildman–Crippen LogP) is 4.52. The van der Waals surface area contributed by atoms with Crippen LogP contribution in [0.3, 0.4) is 0 Å². The lowest BCUT2D eigenvalue weighted by Gasteiger charge is -2.10. The second kappa shape index (κ2) is 6.60. The monoisotopic (exact) mass is 327 g/mol. The smallest absolute Gasteiger partial charge is 0.269 e. The van der Waals surface area contributed by atoms with E-state index in [4.69, 9.17) is 27.9 Å². The molecule has 21 heavy (non-hydrogen) atoms. The van der Waals surface area contributed by atoms with Crippen LogP contribution in [0.5, 0.6) is 11.6 Å². The highest BCUT2D eigenvalue weighted by Crippen LogP contribution is 2.33. The van der Waals surface area contributed by atoms with Gasteiger partial charge in [-0.3, -0.25) is 10.1 Å². The van der Waals surface area contributed by atoms with E-state index in [2.05, 4.69) is 10.3 Å². The minimum absolute atomic E-state index is 0.0224. The number of nitro benzene ring substituents is 1. The Hall–Kier alpha value is -2.05. The maximum absolute atomic E-state index is 10.6. The summed E-state index contributed by atoms with van der Waals surface area (Å²) in [5.74, 6) is 1.02. The van der Waals surface area contributed by atoms with Crippen LogP contribution in [0.2, 0.25) is 10.0 Å². The molecule has 1 aromatic heterocycles. The van der Waals surface area contributed by atoms with Crippen molar-refractivity contribution < 1.29 is 9.66 Å². The first kappa shape index (κ1) is 15.3. The summed E-state index contributed by atoms with van der Waals surface area (Å²) in [4.78, 5) is 14.3. The number of rotatable bonds is 5. The van der Waals surface area contributed by atoms with Gasteiger partial charge in [0.2, 0.25) is 5.88 Å². The fourth-order valence-corrected chi connectivity index (χ4v) is 2.02. The normalized spacial score (nSPS) is 10.2. The van der Waals surface area contributed by atoms with Gasteiger partial charge in [-0.2, -0.15) is 4.98 Å². The van der Waals surface area contributed by atoms with Crippen LogP contribution in [0.4, 0.5) is 11.5 Å². The van der Waals surface area contributed by atoms with E-state index in [1.807, 2.05) is 6.92 Å². The molecule has 0 aliphatic heterocycles. The molecule has 8 heteroatoms. The summed E-state index contributed by atoms with van der Waals surface area (Å²) in [6.07, 6.45) is 0. The lowest BCUT2D eigenvalue weighted by atomic mass is 10.3. The van der Waals surface area contributed by atoms with Crippen molar-refractivity contribution in [3.05, 3.63) is 50.5 Å². The number of benzene rings is 1. The Bertz CT molecular complexity index is 662. The van der Waals surface area contributed by atoms with Gasteiger partial charge in [-0.25, -0.2) is 0 Å². The van der Waals surface area contributed by atoms with Crippen LogP contribution >= 0.6 is 23.2 Å². The molecule has 1 N–H and O–H groups in total. The zero-order valence-electron chi connectivity index (χ0n) is 11.0. The fraction of sp³-hybridized carbons (Fsp3) is 0.154. The number of aromatic nitrogens is 1. The average Bonchev–Trinajstić information content (AvgIpc) is 2.45. The van der Waals surface area contributed by atoms with Crippen molar-refractivity contribution in [1.82, 2.24) is 4.98 Å². The maximum Gasteiger partial charge on any atom is 0.269 e. The highest BCUT2D eigenvalue weighted by Gasteiger charge is 2.12. The molecule has 0 amide bonds. The van der Waals surface area contributed by atoms with Crippen LogP contribution in [0.25, 0.3) is 0 Å². The Morgan fingerprint density at radius 2 is 1.95 bits per heavy atom. The van der Waals surface area contributed by atoms with Gasteiger partial charge in [-0.15, -0.1) is 0 Å². The number of pyridine rings is 1. The zero-order chi connectivity index (χ0) is 15.4. The predicted molar refractivity (Wildman–Crippen MR) is 81.6 cm³/mol. The Morgan fingerprint density at radius 1 is 1.29 bits per heavy atom. The molecule has 0 saturated heterocycles.